The van der Waals surface area contributed by atoms with Crippen LogP contribution in [0.4, 0.5) is 0 Å². The molecule has 1 fully saturated rings. The first-order chi connectivity index (χ1) is 16.5. The first-order valence-electron chi connectivity index (χ1n) is 11.9. The molecule has 0 bridgehead atoms. The molecular formula is C26H34ClN3O5. The van der Waals surface area contributed by atoms with E-state index in [4.69, 9.17) is 9.47 Å². The van der Waals surface area contributed by atoms with E-state index in [1.807, 2.05) is 19.1 Å². The minimum absolute atomic E-state index is 0. The van der Waals surface area contributed by atoms with Gasteiger partial charge in [0.25, 0.3) is 11.8 Å². The lowest BCUT2D eigenvalue weighted by atomic mass is 9.93. The summed E-state index contributed by atoms with van der Waals surface area (Å²) in [6.45, 7) is 6.94. The Morgan fingerprint density at radius 3 is 2.57 bits per heavy atom. The molecule has 9 heteroatoms. The van der Waals surface area contributed by atoms with Crippen molar-refractivity contribution in [2.75, 3.05) is 39.5 Å². The molecule has 2 aliphatic rings. The Morgan fingerprint density at radius 1 is 1.17 bits per heavy atom. The number of nitrogens with zero attached hydrogens (tertiary/aromatic N) is 1. The van der Waals surface area contributed by atoms with Crippen molar-refractivity contribution < 1.29 is 24.2 Å². The Morgan fingerprint density at radius 2 is 1.86 bits per heavy atom. The quantitative estimate of drug-likeness (QED) is 0.535. The largest absolute Gasteiger partial charge is 0.493 e. The number of rotatable bonds is 7. The normalized spacial score (nSPS) is 18.1. The first-order valence-corrected chi connectivity index (χ1v) is 11.9. The van der Waals surface area contributed by atoms with Crippen molar-refractivity contribution >= 4 is 24.2 Å². The molecule has 2 aromatic carbocycles. The maximum atomic E-state index is 13.0. The Hall–Kier alpha value is -2.65. The van der Waals surface area contributed by atoms with E-state index >= 15 is 0 Å². The predicted octanol–water partition coefficient (Wildman–Crippen LogP) is 2.09. The van der Waals surface area contributed by atoms with Crippen molar-refractivity contribution in [2.45, 2.75) is 39.0 Å². The molecule has 2 atom stereocenters. The van der Waals surface area contributed by atoms with Crippen LogP contribution in [0.25, 0.3) is 0 Å². The van der Waals surface area contributed by atoms with Crippen LogP contribution in [0.3, 0.4) is 0 Å². The molecule has 2 heterocycles. The first kappa shape index (κ1) is 26.9. The number of aliphatic hydroxyl groups excluding tert-OH is 1. The van der Waals surface area contributed by atoms with Gasteiger partial charge in [-0.1, -0.05) is 24.3 Å². The van der Waals surface area contributed by atoms with Gasteiger partial charge in [0.1, 0.15) is 5.75 Å². The number of ether oxygens (including phenoxy) is 2. The second kappa shape index (κ2) is 12.4. The highest BCUT2D eigenvalue weighted by Gasteiger charge is 2.27. The summed E-state index contributed by atoms with van der Waals surface area (Å²) >= 11 is 0. The zero-order valence-electron chi connectivity index (χ0n) is 20.2. The summed E-state index contributed by atoms with van der Waals surface area (Å²) in [6.07, 6.45) is -0.0365. The molecule has 3 N–H and O–H groups in total. The molecule has 8 nitrogen and oxygen atoms in total. The molecule has 0 aliphatic carbocycles. The number of benzene rings is 2. The highest BCUT2D eigenvalue weighted by Crippen LogP contribution is 2.28. The lowest BCUT2D eigenvalue weighted by Gasteiger charge is -2.30. The standard InChI is InChI=1S/C26H33N3O5.ClH/c1-3-34-24-17(2)20(26(32)29-10-12-33-13-11-29)8-9-21(24)25(31)28-16-23(30)22-14-18-6-4-5-7-19(18)15-27-22;/h4-9,22-23,27,30H,3,10-16H2,1-2H3,(H,28,31);1H. The van der Waals surface area contributed by atoms with Gasteiger partial charge in [0.05, 0.1) is 31.5 Å². The van der Waals surface area contributed by atoms with Gasteiger partial charge in [0.15, 0.2) is 0 Å². The fraction of sp³-hybridized carbons (Fsp3) is 0.462. The molecule has 2 unspecified atom stereocenters. The Kier molecular flexibility index (Phi) is 9.51. The van der Waals surface area contributed by atoms with E-state index in [2.05, 4.69) is 22.8 Å². The van der Waals surface area contributed by atoms with Crippen LogP contribution in [0, 0.1) is 6.92 Å². The maximum Gasteiger partial charge on any atom is 0.255 e. The SMILES string of the molecule is CCOc1c(C(=O)NCC(O)C2Cc3ccccc3CN2)ccc(C(=O)N2CCOCC2)c1C.Cl. The van der Waals surface area contributed by atoms with Gasteiger partial charge in [-0.25, -0.2) is 0 Å². The Balaban J connectivity index is 0.00000342. The van der Waals surface area contributed by atoms with Crippen molar-refractivity contribution in [3.05, 3.63) is 64.2 Å². The van der Waals surface area contributed by atoms with Gasteiger partial charge < -0.3 is 30.1 Å². The van der Waals surface area contributed by atoms with Gasteiger partial charge in [0, 0.05) is 43.3 Å². The fourth-order valence-electron chi connectivity index (χ4n) is 4.56. The maximum absolute atomic E-state index is 13.0. The third kappa shape index (κ3) is 6.13. The molecule has 0 saturated carbocycles. The van der Waals surface area contributed by atoms with Crippen LogP contribution in [0.2, 0.25) is 0 Å². The van der Waals surface area contributed by atoms with Crippen LogP contribution in [0.1, 0.15) is 44.3 Å². The van der Waals surface area contributed by atoms with E-state index in [9.17, 15) is 14.7 Å². The van der Waals surface area contributed by atoms with Crippen molar-refractivity contribution in [3.8, 4) is 5.75 Å². The number of nitrogens with one attached hydrogen (secondary N) is 2. The summed E-state index contributed by atoms with van der Waals surface area (Å²) in [7, 11) is 0. The van der Waals surface area contributed by atoms with Gasteiger partial charge in [-0.2, -0.15) is 0 Å². The summed E-state index contributed by atoms with van der Waals surface area (Å²) in [6, 6.07) is 11.3. The van der Waals surface area contributed by atoms with Gasteiger partial charge in [-0.3, -0.25) is 9.59 Å². The van der Waals surface area contributed by atoms with Crippen LogP contribution in [0.15, 0.2) is 36.4 Å². The summed E-state index contributed by atoms with van der Waals surface area (Å²) in [4.78, 5) is 27.8. The second-order valence-electron chi connectivity index (χ2n) is 8.69. The number of carbonyl (C=O) groups excluding carboxylic acids is 2. The molecular weight excluding hydrogens is 470 g/mol. The van der Waals surface area contributed by atoms with Gasteiger partial charge in [-0.15, -0.1) is 12.4 Å². The molecule has 4 rings (SSSR count). The van der Waals surface area contributed by atoms with Crippen molar-refractivity contribution in [2.24, 2.45) is 0 Å². The third-order valence-electron chi connectivity index (χ3n) is 6.52. The number of fused-ring (bicyclic) bond motifs is 1. The number of halogens is 1. The highest BCUT2D eigenvalue weighted by atomic mass is 35.5. The molecule has 2 aliphatic heterocycles. The van der Waals surface area contributed by atoms with Crippen molar-refractivity contribution in [1.82, 2.24) is 15.5 Å². The van der Waals surface area contributed by atoms with Crippen LogP contribution in [-0.4, -0.2) is 73.4 Å². The summed E-state index contributed by atoms with van der Waals surface area (Å²) in [5.41, 5.74) is 3.96. The molecule has 0 radical (unpaired) electrons. The average molecular weight is 504 g/mol. The molecule has 0 spiro atoms. The molecule has 2 aromatic rings. The smallest absolute Gasteiger partial charge is 0.255 e. The summed E-state index contributed by atoms with van der Waals surface area (Å²) in [5.74, 6) is -0.0294. The lowest BCUT2D eigenvalue weighted by molar-refractivity contribution is 0.0302. The van der Waals surface area contributed by atoms with E-state index in [0.29, 0.717) is 68.3 Å². The van der Waals surface area contributed by atoms with Crippen LogP contribution < -0.4 is 15.4 Å². The number of morpholine rings is 1. The molecule has 190 valence electrons. The van der Waals surface area contributed by atoms with E-state index in [1.165, 1.54) is 11.1 Å². The lowest BCUT2D eigenvalue weighted by Crippen LogP contribution is -2.49. The zero-order valence-corrected chi connectivity index (χ0v) is 21.0. The third-order valence-corrected chi connectivity index (χ3v) is 6.52. The molecule has 0 aromatic heterocycles. The van der Waals surface area contributed by atoms with Gasteiger partial charge >= 0.3 is 0 Å². The second-order valence-corrected chi connectivity index (χ2v) is 8.69. The minimum atomic E-state index is -0.740. The molecule has 1 saturated heterocycles. The van der Waals surface area contributed by atoms with E-state index in [0.717, 1.165) is 0 Å². The molecule has 2 amide bonds. The predicted molar refractivity (Wildman–Crippen MR) is 135 cm³/mol. The summed E-state index contributed by atoms with van der Waals surface area (Å²) < 4.78 is 11.1. The van der Waals surface area contributed by atoms with Gasteiger partial charge in [-0.05, 0) is 43.5 Å². The van der Waals surface area contributed by atoms with E-state index < -0.39 is 6.10 Å². The fourth-order valence-corrected chi connectivity index (χ4v) is 4.56. The van der Waals surface area contributed by atoms with E-state index in [1.54, 1.807) is 24.0 Å². The van der Waals surface area contributed by atoms with Crippen LogP contribution in [-0.2, 0) is 17.7 Å². The number of amides is 2. The van der Waals surface area contributed by atoms with Gasteiger partial charge in [0.2, 0.25) is 0 Å². The highest BCUT2D eigenvalue weighted by molar-refractivity contribution is 6.01. The monoisotopic (exact) mass is 503 g/mol. The van der Waals surface area contributed by atoms with E-state index in [-0.39, 0.29) is 36.8 Å². The Labute approximate surface area is 212 Å². The number of aliphatic hydroxyl groups is 1. The minimum Gasteiger partial charge on any atom is -0.493 e. The van der Waals surface area contributed by atoms with Crippen molar-refractivity contribution in [3.63, 3.8) is 0 Å². The molecule has 35 heavy (non-hydrogen) atoms. The number of hydrogen-bond donors (Lipinski definition) is 3. The van der Waals surface area contributed by atoms with Crippen LogP contribution >= 0.6 is 12.4 Å². The Bertz CT molecular complexity index is 1040. The number of carbonyl (C=O) groups is 2. The number of hydrogen-bond acceptors (Lipinski definition) is 6. The van der Waals surface area contributed by atoms with Crippen molar-refractivity contribution in [1.29, 1.82) is 0 Å². The average Bonchev–Trinajstić information content (AvgIpc) is 2.88. The van der Waals surface area contributed by atoms with Crippen LogP contribution in [0.5, 0.6) is 5.75 Å². The topological polar surface area (TPSA) is 100 Å². The summed E-state index contributed by atoms with van der Waals surface area (Å²) in [5, 5.41) is 16.9. The zero-order chi connectivity index (χ0) is 24.1.